The van der Waals surface area contributed by atoms with Crippen LogP contribution >= 0.6 is 11.6 Å². The maximum Gasteiger partial charge on any atom is 1.00 e. The van der Waals surface area contributed by atoms with Gasteiger partial charge in [-0.2, -0.15) is 0 Å². The van der Waals surface area contributed by atoms with E-state index >= 15 is 0 Å². The quantitative estimate of drug-likeness (QED) is 0.0266. The third-order valence-electron chi connectivity index (χ3n) is 25.2. The zero-order chi connectivity index (χ0) is 74.0. The van der Waals surface area contributed by atoms with Crippen LogP contribution in [0.2, 0.25) is 0 Å². The number of methoxy groups -OCH3 is 2. The topological polar surface area (TPSA) is 274 Å². The van der Waals surface area contributed by atoms with Crippen molar-refractivity contribution in [2.45, 2.75) is 135 Å². The molecule has 7 aromatic carbocycles. The molecule has 6 aliphatic heterocycles. The summed E-state index contributed by atoms with van der Waals surface area (Å²) in [7, 11) is 9.73. The molecular formula is C83H85ClN3NaO19. The van der Waals surface area contributed by atoms with Gasteiger partial charge in [0.25, 0.3) is 0 Å². The van der Waals surface area contributed by atoms with Crippen molar-refractivity contribution in [3.8, 4) is 46.0 Å². The van der Waals surface area contributed by atoms with Crippen LogP contribution in [-0.2, 0) is 59.3 Å². The van der Waals surface area contributed by atoms with E-state index in [0.29, 0.717) is 47.0 Å². The van der Waals surface area contributed by atoms with Crippen molar-refractivity contribution in [2.24, 2.45) is 17.8 Å². The molecule has 24 heteroatoms. The number of phenols is 1. The number of fused-ring (bicyclic) bond motifs is 2. The molecule has 19 rings (SSSR count). The van der Waals surface area contributed by atoms with Crippen molar-refractivity contribution in [1.29, 1.82) is 0 Å². The van der Waals surface area contributed by atoms with Crippen molar-refractivity contribution in [3.05, 3.63) is 190 Å². The molecule has 6 heterocycles. The van der Waals surface area contributed by atoms with Gasteiger partial charge in [0.2, 0.25) is 6.79 Å². The van der Waals surface area contributed by atoms with Crippen LogP contribution in [-0.4, -0.2) is 182 Å². The second kappa shape index (κ2) is 28.9. The molecule has 4 N–H and O–H groups in total. The molecule has 3 spiro atoms. The van der Waals surface area contributed by atoms with E-state index in [0.717, 1.165) is 119 Å². The van der Waals surface area contributed by atoms with Crippen LogP contribution in [0.25, 0.3) is 21.5 Å². The van der Waals surface area contributed by atoms with Gasteiger partial charge in [-0.15, -0.1) is 0 Å². The number of likely N-dealkylation sites (N-methyl/N-ethyl adjacent to an activating group) is 3. The Morgan fingerprint density at radius 2 is 0.897 bits per heavy atom. The Labute approximate surface area is 646 Å². The largest absolute Gasteiger partial charge is 1.00 e. The predicted octanol–water partition coefficient (Wildman–Crippen LogP) is 6.58. The fraction of sp³-hybridized carbons (Fsp3) is 0.422. The number of rotatable bonds is 11. The molecule has 554 valence electrons. The van der Waals surface area contributed by atoms with Gasteiger partial charge in [0, 0.05) is 80.7 Å². The summed E-state index contributed by atoms with van der Waals surface area (Å²) < 4.78 is 55.1. The molecular weight excluding hydrogens is 1400 g/mol. The van der Waals surface area contributed by atoms with Gasteiger partial charge in [-0.1, -0.05) is 122 Å². The van der Waals surface area contributed by atoms with Crippen LogP contribution in [0.5, 0.6) is 46.0 Å². The minimum atomic E-state index is -1.06. The van der Waals surface area contributed by atoms with E-state index in [-0.39, 0.29) is 87.4 Å². The van der Waals surface area contributed by atoms with Crippen molar-refractivity contribution in [1.82, 2.24) is 14.7 Å². The number of halogens is 1. The van der Waals surface area contributed by atoms with Crippen molar-refractivity contribution in [3.63, 3.8) is 0 Å². The standard InChI is InChI=1S/C33H33NO8.C19H20ClNO5.C17H19NO3.C14H14O3.Na/c1-18(19-4-5-21-15-23(38-3)8-6-20(21)14-19)31(36)39-17-40-32(37)41-27-11-7-22-16-25-24-9-10-26(35)30-33(24,12-13-34(25)2)28(22)29(27)42-30;1-21-7-6-19-11-3-4-13(22)17(19)26-16-14(25-18(23)24-9-20)5-2-10(15(16)19)8-12(11)21;1-18-7-6-17-10-3-5-13(20)16(17)21-15-12(19)4-2-9(14(15)17)8-11(10)18;1-9(14(15)16)10-3-4-12-8-13(17-2)6-5-11(12)7-10;/h4-11,14-15,18,24-26,30,35H,12-13,16-17H2,1-3H3;2-5,11-13,17,22H,6-9H2,1H3;2-5,10-11,13,16,19-20H,6-8H2,1H3;3-9H,1-2H3,(H,15,16);/q;;;;+1/p-1/t18?,24?,25-,26+,30+,33+;11?,12-,13+,17+,19+;10?,11-,13+,16+,17+;;/m111../s1. The molecule has 107 heavy (non-hydrogen) atoms. The van der Waals surface area contributed by atoms with E-state index in [1.807, 2.05) is 109 Å². The van der Waals surface area contributed by atoms with Crippen LogP contribution < -0.4 is 67.8 Å². The Morgan fingerprint density at radius 3 is 1.32 bits per heavy atom. The molecule has 22 nitrogen and oxygen atoms in total. The number of alkyl halides is 1. The Balaban J connectivity index is 0.000000121. The number of aromatic hydroxyl groups is 1. The fourth-order valence-electron chi connectivity index (χ4n) is 19.9. The summed E-state index contributed by atoms with van der Waals surface area (Å²) in [6.45, 7) is 5.63. The summed E-state index contributed by atoms with van der Waals surface area (Å²) in [5.41, 5.74) is 7.67. The van der Waals surface area contributed by atoms with Crippen molar-refractivity contribution < 1.29 is 122 Å². The average Bonchev–Trinajstić information content (AvgIpc) is 1.57. The molecule has 6 aliphatic carbocycles. The summed E-state index contributed by atoms with van der Waals surface area (Å²) >= 11 is 5.43. The van der Waals surface area contributed by atoms with Crippen LogP contribution in [0.4, 0.5) is 9.59 Å². The van der Waals surface area contributed by atoms with E-state index in [2.05, 4.69) is 58.8 Å². The minimum absolute atomic E-state index is 0. The zero-order valence-corrected chi connectivity index (χ0v) is 63.6. The Bertz CT molecular complexity index is 4800. The first-order chi connectivity index (χ1) is 51.1. The normalized spacial score (nSPS) is 29.9. The number of hydrogen-bond donors (Lipinski definition) is 4. The summed E-state index contributed by atoms with van der Waals surface area (Å²) in [4.78, 5) is 55.2. The van der Waals surface area contributed by atoms with Crippen LogP contribution in [0.15, 0.2) is 146 Å². The first-order valence-corrected chi connectivity index (χ1v) is 36.8. The summed E-state index contributed by atoms with van der Waals surface area (Å²) in [6, 6.07) is 34.8. The number of phenolic OH excluding ortho intramolecular Hbond substituents is 1. The number of benzene rings is 7. The summed E-state index contributed by atoms with van der Waals surface area (Å²) in [6.07, 6.45) is 12.5. The molecule has 6 bridgehead atoms. The SMILES string of the molecule is CN1CC[C@]23c4c5ccc(O)c4O[C@H]2[C@@H](O)C=CC3[C@H]1C5.CN1CC[C@]23c4c5ccc(OC(=O)OCCl)c4O[C@H]2[C@@H](O)C=CC3[C@H]1C5.COc1ccc2cc(C(C)C(=O)OCOC(=O)Oc3ccc4c5c3O[C@H]3[C@@H](O)C=CC6[C@@H](C4)N(C)CC[C@@]563)ccc2c1.COc1ccc2cc(C(C)C(=O)[O-])ccc2c1.[Na+]. The van der Waals surface area contributed by atoms with Gasteiger partial charge < -0.3 is 92.4 Å². The molecule has 12 aliphatic rings. The fourth-order valence-corrected chi connectivity index (χ4v) is 20.0. The number of carbonyl (C=O) groups is 4. The van der Waals surface area contributed by atoms with Crippen molar-refractivity contribution in [2.75, 3.05) is 67.9 Å². The van der Waals surface area contributed by atoms with E-state index in [1.54, 1.807) is 46.3 Å². The van der Waals surface area contributed by atoms with Crippen molar-refractivity contribution >= 4 is 57.4 Å². The van der Waals surface area contributed by atoms with Gasteiger partial charge in [-0.05, 0) is 178 Å². The number of nitrogens with zero attached hydrogens (tertiary/aromatic N) is 3. The molecule has 0 saturated carbocycles. The smallest absolute Gasteiger partial charge is 0.550 e. The van der Waals surface area contributed by atoms with E-state index in [1.165, 1.54) is 16.7 Å². The van der Waals surface area contributed by atoms with Gasteiger partial charge in [-0.25, -0.2) is 9.59 Å². The van der Waals surface area contributed by atoms with Gasteiger partial charge >= 0.3 is 47.8 Å². The van der Waals surface area contributed by atoms with Crippen LogP contribution in [0.3, 0.4) is 0 Å². The van der Waals surface area contributed by atoms with Crippen LogP contribution in [0.1, 0.15) is 89.5 Å². The number of carbonyl (C=O) groups excluding carboxylic acids is 4. The van der Waals surface area contributed by atoms with Gasteiger partial charge in [0.15, 0.2) is 40.6 Å². The number of aliphatic carboxylic acids is 1. The molecule has 3 fully saturated rings. The number of esters is 1. The predicted molar refractivity (Wildman–Crippen MR) is 388 cm³/mol. The molecule has 7 aromatic rings. The molecule has 5 unspecified atom stereocenters. The molecule has 0 radical (unpaired) electrons. The van der Waals surface area contributed by atoms with Gasteiger partial charge in [0.1, 0.15) is 48.1 Å². The van der Waals surface area contributed by atoms with E-state index in [4.69, 9.17) is 54.2 Å². The number of piperidine rings is 3. The zero-order valence-electron chi connectivity index (χ0n) is 60.8. The first kappa shape index (κ1) is 74.1. The Morgan fingerprint density at radius 1 is 0.514 bits per heavy atom. The third kappa shape index (κ3) is 12.2. The maximum absolute atomic E-state index is 12.7. The summed E-state index contributed by atoms with van der Waals surface area (Å²) in [5, 5.41) is 57.0. The molecule has 3 saturated heterocycles. The van der Waals surface area contributed by atoms with E-state index < -0.39 is 67.3 Å². The number of likely N-dealkylation sites (tertiary alicyclic amines) is 3. The third-order valence-corrected chi connectivity index (χ3v) is 25.3. The monoisotopic (exact) mass is 1490 g/mol. The maximum atomic E-state index is 12.7. The second-order valence-electron chi connectivity index (χ2n) is 30.1. The molecule has 0 amide bonds. The van der Waals surface area contributed by atoms with E-state index in [9.17, 15) is 44.7 Å². The number of aliphatic hydroxyl groups is 3. The first-order valence-electron chi connectivity index (χ1n) is 36.3. The number of carboxylic acid groups (broad SMARTS) is 1. The van der Waals surface area contributed by atoms with Crippen LogP contribution in [0, 0.1) is 17.8 Å². The number of hydrogen-bond acceptors (Lipinski definition) is 22. The number of carboxylic acids is 1. The van der Waals surface area contributed by atoms with Gasteiger partial charge in [-0.3, -0.25) is 4.79 Å². The van der Waals surface area contributed by atoms with Gasteiger partial charge in [0.05, 0.1) is 20.1 Å². The molecule has 17 atom stereocenters. The Hall–Kier alpha value is -8.39. The number of aliphatic hydroxyl groups excluding tert-OH is 3. The summed E-state index contributed by atoms with van der Waals surface area (Å²) in [5.74, 6) is 2.07. The second-order valence-corrected chi connectivity index (χ2v) is 30.4. The minimum Gasteiger partial charge on any atom is -0.550 e. The average molecular weight is 1490 g/mol. The molecule has 0 aromatic heterocycles. The Kier molecular flexibility index (Phi) is 20.0. The number of ether oxygens (including phenoxy) is 10.